The summed E-state index contributed by atoms with van der Waals surface area (Å²) >= 11 is 0. The number of nitrogens with zero attached hydrogens (tertiary/aromatic N) is 1. The molecule has 2 rings (SSSR count). The molecule has 6 heteroatoms. The molecule has 0 aromatic heterocycles. The summed E-state index contributed by atoms with van der Waals surface area (Å²) in [5.74, 6) is 0. The maximum atomic E-state index is 11.1. The second-order valence-electron chi connectivity index (χ2n) is 5.00. The zero-order chi connectivity index (χ0) is 13.9. The van der Waals surface area contributed by atoms with Crippen LogP contribution in [-0.2, 0) is 21.4 Å². The van der Waals surface area contributed by atoms with Gasteiger partial charge >= 0.3 is 0 Å². The summed E-state index contributed by atoms with van der Waals surface area (Å²) in [6.07, 6.45) is 2.39. The van der Waals surface area contributed by atoms with Crippen molar-refractivity contribution in [2.75, 3.05) is 20.1 Å². The van der Waals surface area contributed by atoms with Gasteiger partial charge in [0, 0.05) is 13.1 Å². The standard InChI is InChI=1S/C13H20N2O3S/c1-15-8-6-12(7-9-15)18-10-11-2-4-13(5-3-11)19(14,16)17/h2-5,12H,6-10H2,1H3,(H2,14,16,17). The van der Waals surface area contributed by atoms with Crippen LogP contribution in [-0.4, -0.2) is 39.6 Å². The first-order chi connectivity index (χ1) is 8.95. The van der Waals surface area contributed by atoms with E-state index in [4.69, 9.17) is 9.88 Å². The van der Waals surface area contributed by atoms with Crippen molar-refractivity contribution < 1.29 is 13.2 Å². The minimum absolute atomic E-state index is 0.135. The van der Waals surface area contributed by atoms with Crippen LogP contribution >= 0.6 is 0 Å². The van der Waals surface area contributed by atoms with Crippen molar-refractivity contribution in [3.8, 4) is 0 Å². The van der Waals surface area contributed by atoms with Gasteiger partial charge in [-0.15, -0.1) is 0 Å². The summed E-state index contributed by atoms with van der Waals surface area (Å²) in [5, 5.41) is 5.05. The number of rotatable bonds is 4. The van der Waals surface area contributed by atoms with Crippen molar-refractivity contribution >= 4 is 10.0 Å². The first-order valence-corrected chi connectivity index (χ1v) is 7.91. The SMILES string of the molecule is CN1CCC(OCc2ccc(S(N)(=O)=O)cc2)CC1. The second kappa shape index (κ2) is 6.00. The van der Waals surface area contributed by atoms with E-state index >= 15 is 0 Å². The van der Waals surface area contributed by atoms with Crippen molar-refractivity contribution in [3.63, 3.8) is 0 Å². The van der Waals surface area contributed by atoms with E-state index < -0.39 is 10.0 Å². The molecule has 0 unspecified atom stereocenters. The molecule has 1 aromatic rings. The summed E-state index contributed by atoms with van der Waals surface area (Å²) in [5.41, 5.74) is 0.964. The van der Waals surface area contributed by atoms with Crippen LogP contribution in [0.15, 0.2) is 29.2 Å². The monoisotopic (exact) mass is 284 g/mol. The molecule has 0 amide bonds. The molecule has 1 aliphatic rings. The molecule has 1 saturated heterocycles. The zero-order valence-electron chi connectivity index (χ0n) is 11.1. The Morgan fingerprint density at radius 1 is 1.26 bits per heavy atom. The van der Waals surface area contributed by atoms with Gasteiger partial charge in [-0.3, -0.25) is 0 Å². The minimum atomic E-state index is -3.61. The van der Waals surface area contributed by atoms with Gasteiger partial charge in [0.1, 0.15) is 0 Å². The lowest BCUT2D eigenvalue weighted by Gasteiger charge is -2.28. The first-order valence-electron chi connectivity index (χ1n) is 6.37. The number of benzene rings is 1. The van der Waals surface area contributed by atoms with Crippen LogP contribution in [0.2, 0.25) is 0 Å². The summed E-state index contributed by atoms with van der Waals surface area (Å²) < 4.78 is 28.1. The molecule has 0 bridgehead atoms. The molecular formula is C13H20N2O3S. The summed E-state index contributed by atoms with van der Waals surface area (Å²) in [7, 11) is -1.49. The number of sulfonamides is 1. The quantitative estimate of drug-likeness (QED) is 0.893. The summed E-state index contributed by atoms with van der Waals surface area (Å²) in [6, 6.07) is 6.52. The highest BCUT2D eigenvalue weighted by Gasteiger charge is 2.17. The van der Waals surface area contributed by atoms with Gasteiger partial charge in [0.25, 0.3) is 0 Å². The van der Waals surface area contributed by atoms with Crippen LogP contribution in [0.25, 0.3) is 0 Å². The Balaban J connectivity index is 1.87. The van der Waals surface area contributed by atoms with E-state index in [0.717, 1.165) is 31.5 Å². The van der Waals surface area contributed by atoms with Gasteiger partial charge in [0.2, 0.25) is 10.0 Å². The molecule has 1 aliphatic heterocycles. The number of likely N-dealkylation sites (tertiary alicyclic amines) is 1. The Hall–Kier alpha value is -0.950. The predicted molar refractivity (Wildman–Crippen MR) is 73.1 cm³/mol. The van der Waals surface area contributed by atoms with Gasteiger partial charge in [0.15, 0.2) is 0 Å². The highest BCUT2D eigenvalue weighted by molar-refractivity contribution is 7.89. The molecule has 106 valence electrons. The summed E-state index contributed by atoms with van der Waals surface area (Å²) in [4.78, 5) is 2.43. The number of nitrogens with two attached hydrogens (primary N) is 1. The molecule has 0 saturated carbocycles. The van der Waals surface area contributed by atoms with E-state index in [2.05, 4.69) is 11.9 Å². The third-order valence-electron chi connectivity index (χ3n) is 3.40. The molecule has 1 fully saturated rings. The summed E-state index contributed by atoms with van der Waals surface area (Å²) in [6.45, 7) is 2.64. The van der Waals surface area contributed by atoms with Crippen molar-refractivity contribution in [1.82, 2.24) is 4.90 Å². The lowest BCUT2D eigenvalue weighted by atomic mass is 10.1. The second-order valence-corrected chi connectivity index (χ2v) is 6.56. The van der Waals surface area contributed by atoms with Crippen molar-refractivity contribution in [3.05, 3.63) is 29.8 Å². The lowest BCUT2D eigenvalue weighted by molar-refractivity contribution is 0.00212. The van der Waals surface area contributed by atoms with Gasteiger partial charge in [-0.25, -0.2) is 13.6 Å². The van der Waals surface area contributed by atoms with Crippen molar-refractivity contribution in [2.45, 2.75) is 30.4 Å². The van der Waals surface area contributed by atoms with Gasteiger partial charge in [-0.2, -0.15) is 0 Å². The molecule has 2 N–H and O–H groups in total. The molecule has 0 atom stereocenters. The number of ether oxygens (including phenoxy) is 1. The van der Waals surface area contributed by atoms with Gasteiger partial charge in [0.05, 0.1) is 17.6 Å². The lowest BCUT2D eigenvalue weighted by Crippen LogP contribution is -2.34. The van der Waals surface area contributed by atoms with Crippen molar-refractivity contribution in [2.24, 2.45) is 5.14 Å². The van der Waals surface area contributed by atoms with E-state index in [0.29, 0.717) is 12.7 Å². The third kappa shape index (κ3) is 4.28. The van der Waals surface area contributed by atoms with Crippen LogP contribution in [0.1, 0.15) is 18.4 Å². The predicted octanol–water partition coefficient (Wildman–Crippen LogP) is 0.945. The van der Waals surface area contributed by atoms with E-state index in [1.807, 2.05) is 0 Å². The number of hydrogen-bond donors (Lipinski definition) is 1. The van der Waals surface area contributed by atoms with E-state index in [-0.39, 0.29) is 4.90 Å². The Bertz CT molecular complexity index is 505. The maximum absolute atomic E-state index is 11.1. The fourth-order valence-corrected chi connectivity index (χ4v) is 2.66. The van der Waals surface area contributed by atoms with E-state index in [1.54, 1.807) is 12.1 Å². The van der Waals surface area contributed by atoms with Crippen LogP contribution in [0.4, 0.5) is 0 Å². The fraction of sp³-hybridized carbons (Fsp3) is 0.538. The van der Waals surface area contributed by atoms with E-state index in [9.17, 15) is 8.42 Å². The fourth-order valence-electron chi connectivity index (χ4n) is 2.14. The van der Waals surface area contributed by atoms with Crippen molar-refractivity contribution in [1.29, 1.82) is 0 Å². The third-order valence-corrected chi connectivity index (χ3v) is 4.33. The smallest absolute Gasteiger partial charge is 0.238 e. The molecule has 0 aliphatic carbocycles. The maximum Gasteiger partial charge on any atom is 0.238 e. The highest BCUT2D eigenvalue weighted by Crippen LogP contribution is 2.15. The van der Waals surface area contributed by atoms with Gasteiger partial charge < -0.3 is 9.64 Å². The number of hydrogen-bond acceptors (Lipinski definition) is 4. The molecule has 19 heavy (non-hydrogen) atoms. The topological polar surface area (TPSA) is 72.6 Å². The van der Waals surface area contributed by atoms with Crippen LogP contribution in [0.5, 0.6) is 0 Å². The molecule has 5 nitrogen and oxygen atoms in total. The molecule has 0 spiro atoms. The molecule has 1 heterocycles. The zero-order valence-corrected chi connectivity index (χ0v) is 11.9. The number of primary sulfonamides is 1. The minimum Gasteiger partial charge on any atom is -0.373 e. The molecule has 1 aromatic carbocycles. The number of piperidine rings is 1. The molecule has 0 radical (unpaired) electrons. The Labute approximate surface area is 114 Å². The van der Waals surface area contributed by atoms with Crippen LogP contribution in [0.3, 0.4) is 0 Å². The average Bonchev–Trinajstić information content (AvgIpc) is 2.37. The molecular weight excluding hydrogens is 264 g/mol. The van der Waals surface area contributed by atoms with Gasteiger partial charge in [-0.05, 0) is 37.6 Å². The Morgan fingerprint density at radius 2 is 1.84 bits per heavy atom. The van der Waals surface area contributed by atoms with Gasteiger partial charge in [-0.1, -0.05) is 12.1 Å². The Kier molecular flexibility index (Phi) is 4.57. The normalized spacial score (nSPS) is 18.6. The first kappa shape index (κ1) is 14.5. The van der Waals surface area contributed by atoms with Crippen LogP contribution < -0.4 is 5.14 Å². The average molecular weight is 284 g/mol. The largest absolute Gasteiger partial charge is 0.373 e. The van der Waals surface area contributed by atoms with E-state index in [1.165, 1.54) is 12.1 Å². The van der Waals surface area contributed by atoms with Crippen LogP contribution in [0, 0.1) is 0 Å². The highest BCUT2D eigenvalue weighted by atomic mass is 32.2. The Morgan fingerprint density at radius 3 is 2.37 bits per heavy atom.